The van der Waals surface area contributed by atoms with E-state index in [1.807, 2.05) is 6.07 Å². The molecule has 4 N–H and O–H groups in total. The van der Waals surface area contributed by atoms with E-state index >= 15 is 0 Å². The van der Waals surface area contributed by atoms with Gasteiger partial charge in [0.25, 0.3) is 0 Å². The summed E-state index contributed by atoms with van der Waals surface area (Å²) in [6.45, 7) is 0. The average Bonchev–Trinajstić information content (AvgIpc) is 2.69. The lowest BCUT2D eigenvalue weighted by Gasteiger charge is -2.13. The van der Waals surface area contributed by atoms with Crippen LogP contribution in [0, 0.1) is 3.57 Å². The summed E-state index contributed by atoms with van der Waals surface area (Å²) in [6.07, 6.45) is -0.115. The first-order valence-corrected chi connectivity index (χ1v) is 5.99. The molecular weight excluding hydrogens is 341 g/mol. The van der Waals surface area contributed by atoms with Crippen LogP contribution in [0.4, 0.5) is 0 Å². The van der Waals surface area contributed by atoms with E-state index in [0.717, 1.165) is 9.13 Å². The van der Waals surface area contributed by atoms with Crippen LogP contribution < -0.4 is 20.9 Å². The SMILES string of the molecule is COc1cc(C2NNC(=S)N2)cc(I)c1O. The Hall–Kier alpha value is -0.800. The van der Waals surface area contributed by atoms with Crippen LogP contribution in [0.3, 0.4) is 0 Å². The second-order valence-electron chi connectivity index (χ2n) is 3.23. The van der Waals surface area contributed by atoms with Gasteiger partial charge < -0.3 is 15.2 Å². The molecule has 0 radical (unpaired) electrons. The number of benzene rings is 1. The maximum atomic E-state index is 9.70. The minimum atomic E-state index is -0.115. The van der Waals surface area contributed by atoms with Crippen molar-refractivity contribution >= 4 is 39.9 Å². The fourth-order valence-corrected chi connectivity index (χ4v) is 2.23. The Morgan fingerprint density at radius 2 is 2.25 bits per heavy atom. The number of aromatic hydroxyl groups is 1. The molecule has 0 aromatic heterocycles. The van der Waals surface area contributed by atoms with Crippen LogP contribution in [0.5, 0.6) is 11.5 Å². The highest BCUT2D eigenvalue weighted by atomic mass is 127. The number of methoxy groups -OCH3 is 1. The Morgan fingerprint density at radius 1 is 1.50 bits per heavy atom. The number of rotatable bonds is 2. The highest BCUT2D eigenvalue weighted by molar-refractivity contribution is 14.1. The van der Waals surface area contributed by atoms with Crippen molar-refractivity contribution < 1.29 is 9.84 Å². The van der Waals surface area contributed by atoms with Crippen molar-refractivity contribution in [1.29, 1.82) is 0 Å². The Balaban J connectivity index is 2.35. The largest absolute Gasteiger partial charge is 0.504 e. The molecule has 1 fully saturated rings. The quantitative estimate of drug-likeness (QED) is 0.471. The summed E-state index contributed by atoms with van der Waals surface area (Å²) in [5.41, 5.74) is 6.72. The van der Waals surface area contributed by atoms with Gasteiger partial charge in [-0.05, 0) is 52.5 Å². The van der Waals surface area contributed by atoms with Gasteiger partial charge in [0.1, 0.15) is 6.17 Å². The number of ether oxygens (including phenoxy) is 1. The maximum Gasteiger partial charge on any atom is 0.182 e. The van der Waals surface area contributed by atoms with Gasteiger partial charge >= 0.3 is 0 Å². The van der Waals surface area contributed by atoms with Gasteiger partial charge in [-0.3, -0.25) is 5.43 Å². The Morgan fingerprint density at radius 3 is 2.81 bits per heavy atom. The topological polar surface area (TPSA) is 65.5 Å². The van der Waals surface area contributed by atoms with Crippen molar-refractivity contribution in [3.63, 3.8) is 0 Å². The molecule has 0 bridgehead atoms. The lowest BCUT2D eigenvalue weighted by Crippen LogP contribution is -2.26. The lowest BCUT2D eigenvalue weighted by molar-refractivity contribution is 0.370. The van der Waals surface area contributed by atoms with Gasteiger partial charge in [-0.2, -0.15) is 0 Å². The monoisotopic (exact) mass is 351 g/mol. The van der Waals surface area contributed by atoms with E-state index in [1.165, 1.54) is 7.11 Å². The third-order valence-electron chi connectivity index (χ3n) is 2.21. The summed E-state index contributed by atoms with van der Waals surface area (Å²) in [5, 5.41) is 13.3. The summed E-state index contributed by atoms with van der Waals surface area (Å²) in [7, 11) is 1.52. The summed E-state index contributed by atoms with van der Waals surface area (Å²) in [4.78, 5) is 0. The first kappa shape index (κ1) is 11.7. The van der Waals surface area contributed by atoms with Crippen molar-refractivity contribution in [2.45, 2.75) is 6.17 Å². The number of thiocarbonyl (C=S) groups is 1. The Labute approximate surface area is 112 Å². The van der Waals surface area contributed by atoms with Crippen molar-refractivity contribution in [2.75, 3.05) is 7.11 Å². The molecule has 0 amide bonds. The van der Waals surface area contributed by atoms with Crippen LogP contribution in [0.2, 0.25) is 0 Å². The smallest absolute Gasteiger partial charge is 0.182 e. The maximum absolute atomic E-state index is 9.70. The number of hydrazine groups is 1. The van der Waals surface area contributed by atoms with Gasteiger partial charge in [-0.1, -0.05) is 0 Å². The fourth-order valence-electron chi connectivity index (χ4n) is 1.42. The number of phenolic OH excluding ortho intramolecular Hbond substituents is 1. The third kappa shape index (κ3) is 2.15. The van der Waals surface area contributed by atoms with Crippen molar-refractivity contribution in [1.82, 2.24) is 16.2 Å². The Kier molecular flexibility index (Phi) is 3.36. The van der Waals surface area contributed by atoms with E-state index in [9.17, 15) is 5.11 Å². The van der Waals surface area contributed by atoms with Crippen molar-refractivity contribution in [3.05, 3.63) is 21.3 Å². The molecule has 5 nitrogen and oxygen atoms in total. The molecule has 0 spiro atoms. The zero-order chi connectivity index (χ0) is 11.7. The minimum Gasteiger partial charge on any atom is -0.504 e. The predicted octanol–water partition coefficient (Wildman–Crippen LogP) is 0.986. The highest BCUT2D eigenvalue weighted by Gasteiger charge is 2.21. The van der Waals surface area contributed by atoms with Crippen LogP contribution >= 0.6 is 34.8 Å². The molecular formula is C9H10IN3O2S. The van der Waals surface area contributed by atoms with E-state index in [0.29, 0.717) is 10.9 Å². The third-order valence-corrected chi connectivity index (χ3v) is 3.25. The van der Waals surface area contributed by atoms with Gasteiger partial charge in [0, 0.05) is 0 Å². The van der Waals surface area contributed by atoms with E-state index in [4.69, 9.17) is 17.0 Å². The number of nitrogens with one attached hydrogen (secondary N) is 3. The van der Waals surface area contributed by atoms with Gasteiger partial charge in [0.2, 0.25) is 0 Å². The Bertz CT molecular complexity index is 441. The van der Waals surface area contributed by atoms with Gasteiger partial charge in [0.15, 0.2) is 16.6 Å². The predicted molar refractivity (Wildman–Crippen MR) is 72.1 cm³/mol. The van der Waals surface area contributed by atoms with Gasteiger partial charge in [0.05, 0.1) is 10.7 Å². The van der Waals surface area contributed by atoms with Crippen LogP contribution in [-0.2, 0) is 0 Å². The second kappa shape index (κ2) is 4.60. The van der Waals surface area contributed by atoms with Crippen LogP contribution in [0.25, 0.3) is 0 Å². The average molecular weight is 351 g/mol. The number of hydrogen-bond acceptors (Lipinski definition) is 4. The van der Waals surface area contributed by atoms with E-state index in [1.54, 1.807) is 6.07 Å². The molecule has 1 aromatic carbocycles. The van der Waals surface area contributed by atoms with E-state index < -0.39 is 0 Å². The summed E-state index contributed by atoms with van der Waals surface area (Å²) < 4.78 is 5.82. The molecule has 1 aliphatic heterocycles. The van der Waals surface area contributed by atoms with Crippen molar-refractivity contribution in [3.8, 4) is 11.5 Å². The van der Waals surface area contributed by atoms with Gasteiger partial charge in [-0.15, -0.1) is 0 Å². The number of phenols is 1. The van der Waals surface area contributed by atoms with Crippen LogP contribution in [0.1, 0.15) is 11.7 Å². The number of halogens is 1. The fraction of sp³-hybridized carbons (Fsp3) is 0.222. The molecule has 0 saturated carbocycles. The molecule has 0 aliphatic carbocycles. The van der Waals surface area contributed by atoms with E-state index in [-0.39, 0.29) is 11.9 Å². The molecule has 1 atom stereocenters. The standard InChI is InChI=1S/C9H10IN3O2S/c1-15-6-3-4(2-5(10)7(6)14)8-11-9(16)13-12-8/h2-3,8,12,14H,1H3,(H2,11,13,16). The van der Waals surface area contributed by atoms with Crippen molar-refractivity contribution in [2.24, 2.45) is 0 Å². The molecule has 2 rings (SSSR count). The number of hydrogen-bond donors (Lipinski definition) is 4. The normalized spacial score (nSPS) is 19.1. The molecule has 1 heterocycles. The summed E-state index contributed by atoms with van der Waals surface area (Å²) >= 11 is 7.00. The summed E-state index contributed by atoms with van der Waals surface area (Å²) in [5.74, 6) is 0.601. The van der Waals surface area contributed by atoms with E-state index in [2.05, 4.69) is 38.8 Å². The zero-order valence-corrected chi connectivity index (χ0v) is 11.3. The first-order chi connectivity index (χ1) is 7.61. The highest BCUT2D eigenvalue weighted by Crippen LogP contribution is 2.34. The molecule has 1 saturated heterocycles. The lowest BCUT2D eigenvalue weighted by atomic mass is 10.1. The van der Waals surface area contributed by atoms with Crippen LogP contribution in [-0.4, -0.2) is 17.3 Å². The summed E-state index contributed by atoms with van der Waals surface area (Å²) in [6, 6.07) is 3.62. The molecule has 1 unspecified atom stereocenters. The molecule has 1 aromatic rings. The molecule has 1 aliphatic rings. The molecule has 16 heavy (non-hydrogen) atoms. The minimum absolute atomic E-state index is 0.115. The second-order valence-corrected chi connectivity index (χ2v) is 4.80. The zero-order valence-electron chi connectivity index (χ0n) is 8.37. The van der Waals surface area contributed by atoms with Gasteiger partial charge in [-0.25, -0.2) is 5.43 Å². The molecule has 86 valence electrons. The molecule has 7 heteroatoms. The first-order valence-electron chi connectivity index (χ1n) is 4.50. The van der Waals surface area contributed by atoms with Crippen LogP contribution in [0.15, 0.2) is 12.1 Å².